The first-order valence-corrected chi connectivity index (χ1v) is 7.52. The third-order valence-corrected chi connectivity index (χ3v) is 4.15. The number of thiocarbonyl (C=S) groups is 1. The van der Waals surface area contributed by atoms with E-state index in [0.717, 1.165) is 0 Å². The molecule has 2 aromatic rings. The number of nitrogens with zero attached hydrogens (tertiary/aromatic N) is 2. The van der Waals surface area contributed by atoms with Gasteiger partial charge in [-0.3, -0.25) is 0 Å². The molecule has 0 unspecified atom stereocenters. The van der Waals surface area contributed by atoms with E-state index >= 15 is 0 Å². The van der Waals surface area contributed by atoms with E-state index in [1.807, 2.05) is 0 Å². The van der Waals surface area contributed by atoms with Gasteiger partial charge in [-0.15, -0.1) is 0 Å². The van der Waals surface area contributed by atoms with Crippen LogP contribution in [-0.2, 0) is 16.6 Å². The van der Waals surface area contributed by atoms with Gasteiger partial charge in [-0.05, 0) is 18.2 Å². The lowest BCUT2D eigenvalue weighted by molar-refractivity contribution is 0.580. The van der Waals surface area contributed by atoms with Crippen molar-refractivity contribution in [1.82, 2.24) is 14.7 Å². The standard InChI is InChI=1S/C12H12N4O2S2/c13-12(19)9-2-1-3-11(6-9)20(17,18)16-7-10-4-5-14-8-15-10/h1-6,8,16H,7H2,(H2,13,19). The summed E-state index contributed by atoms with van der Waals surface area (Å²) in [6.07, 6.45) is 2.90. The van der Waals surface area contributed by atoms with Crippen LogP contribution in [0.5, 0.6) is 0 Å². The maximum Gasteiger partial charge on any atom is 0.240 e. The Balaban J connectivity index is 2.18. The first-order chi connectivity index (χ1) is 9.49. The van der Waals surface area contributed by atoms with Gasteiger partial charge < -0.3 is 5.73 Å². The Morgan fingerprint density at radius 2 is 2.15 bits per heavy atom. The molecule has 8 heteroatoms. The molecule has 0 aliphatic heterocycles. The maximum absolute atomic E-state index is 12.1. The Kier molecular flexibility index (Phi) is 4.38. The van der Waals surface area contributed by atoms with Crippen LogP contribution in [0.2, 0.25) is 0 Å². The summed E-state index contributed by atoms with van der Waals surface area (Å²) in [4.78, 5) is 7.96. The number of aromatic nitrogens is 2. The molecule has 0 saturated carbocycles. The minimum atomic E-state index is -3.64. The SMILES string of the molecule is NC(=S)c1cccc(S(=O)(=O)NCc2ccncn2)c1. The topological polar surface area (TPSA) is 98.0 Å². The minimum absolute atomic E-state index is 0.0855. The van der Waals surface area contributed by atoms with Crippen LogP contribution >= 0.6 is 12.2 Å². The van der Waals surface area contributed by atoms with Crippen molar-refractivity contribution in [2.24, 2.45) is 5.73 Å². The Hall–Kier alpha value is -1.90. The first kappa shape index (κ1) is 14.5. The fourth-order valence-electron chi connectivity index (χ4n) is 1.49. The van der Waals surface area contributed by atoms with E-state index in [0.29, 0.717) is 11.3 Å². The number of benzene rings is 1. The molecule has 0 aliphatic carbocycles. The van der Waals surface area contributed by atoms with Gasteiger partial charge in [0.1, 0.15) is 11.3 Å². The van der Waals surface area contributed by atoms with Crippen molar-refractivity contribution in [3.8, 4) is 0 Å². The summed E-state index contributed by atoms with van der Waals surface area (Å²) in [7, 11) is -3.64. The van der Waals surface area contributed by atoms with Crippen LogP contribution in [0.3, 0.4) is 0 Å². The average Bonchev–Trinajstić information content (AvgIpc) is 2.46. The van der Waals surface area contributed by atoms with Gasteiger partial charge in [0, 0.05) is 11.8 Å². The van der Waals surface area contributed by atoms with Crippen molar-refractivity contribution in [1.29, 1.82) is 0 Å². The molecule has 0 fully saturated rings. The van der Waals surface area contributed by atoms with Gasteiger partial charge in [-0.2, -0.15) is 0 Å². The molecule has 1 aromatic carbocycles. The van der Waals surface area contributed by atoms with Crippen LogP contribution in [0.15, 0.2) is 47.8 Å². The van der Waals surface area contributed by atoms with Crippen molar-refractivity contribution >= 4 is 27.2 Å². The molecular weight excluding hydrogens is 296 g/mol. The quantitative estimate of drug-likeness (QED) is 0.785. The normalized spacial score (nSPS) is 11.2. The zero-order valence-corrected chi connectivity index (χ0v) is 12.0. The van der Waals surface area contributed by atoms with Crippen molar-refractivity contribution in [3.05, 3.63) is 54.1 Å². The predicted octanol–water partition coefficient (Wildman–Crippen LogP) is 0.589. The second kappa shape index (κ2) is 6.04. The summed E-state index contributed by atoms with van der Waals surface area (Å²) < 4.78 is 26.7. The van der Waals surface area contributed by atoms with Crippen LogP contribution in [0.1, 0.15) is 11.3 Å². The second-order valence-corrected chi connectivity index (χ2v) is 6.12. The van der Waals surface area contributed by atoms with Gasteiger partial charge in [0.25, 0.3) is 0 Å². The van der Waals surface area contributed by atoms with E-state index in [1.165, 1.54) is 18.5 Å². The van der Waals surface area contributed by atoms with Gasteiger partial charge in [-0.25, -0.2) is 23.1 Å². The largest absolute Gasteiger partial charge is 0.389 e. The number of nitrogens with two attached hydrogens (primary N) is 1. The molecule has 0 atom stereocenters. The fourth-order valence-corrected chi connectivity index (χ4v) is 2.66. The third-order valence-electron chi connectivity index (χ3n) is 2.52. The Morgan fingerprint density at radius 1 is 1.35 bits per heavy atom. The fraction of sp³-hybridized carbons (Fsp3) is 0.0833. The Labute approximate surface area is 122 Å². The molecule has 0 radical (unpaired) electrons. The number of rotatable bonds is 5. The summed E-state index contributed by atoms with van der Waals surface area (Å²) in [6.45, 7) is 0.0855. The lowest BCUT2D eigenvalue weighted by Gasteiger charge is -2.07. The van der Waals surface area contributed by atoms with Crippen molar-refractivity contribution in [2.45, 2.75) is 11.4 Å². The summed E-state index contributed by atoms with van der Waals surface area (Å²) in [5.74, 6) is 0. The van der Waals surface area contributed by atoms with Gasteiger partial charge >= 0.3 is 0 Å². The molecule has 0 bridgehead atoms. The van der Waals surface area contributed by atoms with Crippen molar-refractivity contribution < 1.29 is 8.42 Å². The third kappa shape index (κ3) is 3.56. The highest BCUT2D eigenvalue weighted by molar-refractivity contribution is 7.89. The van der Waals surface area contributed by atoms with Crippen LogP contribution in [0.25, 0.3) is 0 Å². The van der Waals surface area contributed by atoms with E-state index in [9.17, 15) is 8.42 Å². The van der Waals surface area contributed by atoms with Crippen LogP contribution in [0.4, 0.5) is 0 Å². The number of hydrogen-bond acceptors (Lipinski definition) is 5. The molecule has 0 amide bonds. The lowest BCUT2D eigenvalue weighted by Crippen LogP contribution is -2.24. The first-order valence-electron chi connectivity index (χ1n) is 5.63. The molecule has 2 rings (SSSR count). The molecule has 3 N–H and O–H groups in total. The van der Waals surface area contributed by atoms with Gasteiger partial charge in [0.15, 0.2) is 0 Å². The summed E-state index contributed by atoms with van der Waals surface area (Å²) >= 11 is 4.83. The van der Waals surface area contributed by atoms with Gasteiger partial charge in [0.05, 0.1) is 17.1 Å². The predicted molar refractivity (Wildman–Crippen MR) is 78.4 cm³/mol. The summed E-state index contributed by atoms with van der Waals surface area (Å²) in [5.41, 5.74) is 6.57. The summed E-state index contributed by atoms with van der Waals surface area (Å²) in [6, 6.07) is 7.79. The van der Waals surface area contributed by atoms with Crippen molar-refractivity contribution in [3.63, 3.8) is 0 Å². The zero-order valence-electron chi connectivity index (χ0n) is 10.4. The van der Waals surface area contributed by atoms with Crippen molar-refractivity contribution in [2.75, 3.05) is 0 Å². The monoisotopic (exact) mass is 308 g/mol. The minimum Gasteiger partial charge on any atom is -0.389 e. The molecular formula is C12H12N4O2S2. The zero-order chi connectivity index (χ0) is 14.6. The number of nitrogens with one attached hydrogen (secondary N) is 1. The molecule has 104 valence electrons. The molecule has 1 aromatic heterocycles. The maximum atomic E-state index is 12.1. The molecule has 0 aliphatic rings. The van der Waals surface area contributed by atoms with E-state index in [1.54, 1.807) is 24.4 Å². The van der Waals surface area contributed by atoms with E-state index in [-0.39, 0.29) is 16.4 Å². The average molecular weight is 308 g/mol. The molecule has 6 nitrogen and oxygen atoms in total. The second-order valence-electron chi connectivity index (χ2n) is 3.92. The summed E-state index contributed by atoms with van der Waals surface area (Å²) in [5, 5.41) is 0. The Bertz CT molecular complexity index is 717. The van der Waals surface area contributed by atoms with Crippen LogP contribution in [0, 0.1) is 0 Å². The number of sulfonamides is 1. The van der Waals surface area contributed by atoms with Crippen LogP contribution in [-0.4, -0.2) is 23.4 Å². The lowest BCUT2D eigenvalue weighted by atomic mass is 10.2. The highest BCUT2D eigenvalue weighted by atomic mass is 32.2. The van der Waals surface area contributed by atoms with E-state index in [4.69, 9.17) is 18.0 Å². The molecule has 1 heterocycles. The van der Waals surface area contributed by atoms with E-state index in [2.05, 4.69) is 14.7 Å². The smallest absolute Gasteiger partial charge is 0.240 e. The van der Waals surface area contributed by atoms with Gasteiger partial charge in [-0.1, -0.05) is 24.4 Å². The molecule has 0 saturated heterocycles. The molecule has 0 spiro atoms. The molecule has 20 heavy (non-hydrogen) atoms. The van der Waals surface area contributed by atoms with Crippen LogP contribution < -0.4 is 10.5 Å². The van der Waals surface area contributed by atoms with E-state index < -0.39 is 10.0 Å². The Morgan fingerprint density at radius 3 is 2.80 bits per heavy atom. The van der Waals surface area contributed by atoms with Gasteiger partial charge in [0.2, 0.25) is 10.0 Å². The highest BCUT2D eigenvalue weighted by Crippen LogP contribution is 2.11. The highest BCUT2D eigenvalue weighted by Gasteiger charge is 2.14. The number of hydrogen-bond donors (Lipinski definition) is 2.